The fourth-order valence-electron chi connectivity index (χ4n) is 1.10. The fraction of sp³-hybridized carbons (Fsp3) is 0.333. The minimum atomic E-state index is -1.07. The normalized spacial score (nSPS) is 14.1. The monoisotopic (exact) mass is 319 g/mol. The maximum Gasteiger partial charge on any atom is 0.105 e. The Morgan fingerprint density at radius 1 is 1.33 bits per heavy atom. The van der Waals surface area contributed by atoms with E-state index in [9.17, 15) is 10.2 Å². The molecule has 2 atom stereocenters. The number of halogens is 1. The van der Waals surface area contributed by atoms with Crippen molar-refractivity contribution in [1.82, 2.24) is 0 Å². The highest BCUT2D eigenvalue weighted by Gasteiger charge is 2.16. The summed E-state index contributed by atoms with van der Waals surface area (Å²) < 4.78 is 1.05. The van der Waals surface area contributed by atoms with E-state index in [1.165, 1.54) is 0 Å². The highest BCUT2D eigenvalue weighted by atomic mass is 127. The second-order valence-corrected chi connectivity index (χ2v) is 4.22. The summed E-state index contributed by atoms with van der Waals surface area (Å²) in [7, 11) is 0. The summed E-state index contributed by atoms with van der Waals surface area (Å²) in [4.78, 5) is 2.52. The Morgan fingerprint density at radius 3 is 2.47 bits per heavy atom. The third kappa shape index (κ3) is 3.67. The molecule has 1 rings (SSSR count). The van der Waals surface area contributed by atoms with Crippen LogP contribution in [0.2, 0.25) is 0 Å². The van der Waals surface area contributed by atoms with Gasteiger partial charge >= 0.3 is 0 Å². The van der Waals surface area contributed by atoms with E-state index in [1.807, 2.05) is 12.1 Å². The van der Waals surface area contributed by atoms with Crippen LogP contribution in [0.25, 0.3) is 10.4 Å². The lowest BCUT2D eigenvalue weighted by Gasteiger charge is -2.15. The van der Waals surface area contributed by atoms with Crippen LogP contribution in [0.5, 0.6) is 0 Å². The first-order valence-electron chi connectivity index (χ1n) is 4.27. The molecule has 1 aromatic rings. The van der Waals surface area contributed by atoms with E-state index in [4.69, 9.17) is 5.53 Å². The molecule has 0 fully saturated rings. The second kappa shape index (κ2) is 5.92. The highest BCUT2D eigenvalue weighted by molar-refractivity contribution is 14.1. The molecule has 0 aliphatic carbocycles. The van der Waals surface area contributed by atoms with Gasteiger partial charge in [-0.25, -0.2) is 0 Å². The van der Waals surface area contributed by atoms with E-state index in [0.717, 1.165) is 3.57 Å². The summed E-state index contributed by atoms with van der Waals surface area (Å²) in [5, 5.41) is 22.3. The van der Waals surface area contributed by atoms with Gasteiger partial charge in [-0.05, 0) is 45.8 Å². The average Bonchev–Trinajstić information content (AvgIpc) is 2.26. The van der Waals surface area contributed by atoms with Crippen LogP contribution >= 0.6 is 22.6 Å². The third-order valence-electron chi connectivity index (χ3n) is 1.91. The number of aliphatic hydroxyl groups excluding tert-OH is 2. The van der Waals surface area contributed by atoms with Gasteiger partial charge in [0.25, 0.3) is 0 Å². The number of benzene rings is 1. The Labute approximate surface area is 101 Å². The minimum Gasteiger partial charge on any atom is -0.390 e. The summed E-state index contributed by atoms with van der Waals surface area (Å²) in [5.74, 6) is 0. The maximum atomic E-state index is 9.67. The summed E-state index contributed by atoms with van der Waals surface area (Å²) in [6, 6.07) is 7.12. The summed E-state index contributed by atoms with van der Waals surface area (Å²) in [6.07, 6.45) is -2.09. The smallest absolute Gasteiger partial charge is 0.105 e. The van der Waals surface area contributed by atoms with E-state index in [2.05, 4.69) is 32.6 Å². The van der Waals surface area contributed by atoms with Crippen molar-refractivity contribution in [2.75, 3.05) is 6.54 Å². The van der Waals surface area contributed by atoms with Crippen LogP contribution in [0.1, 0.15) is 11.7 Å². The molecule has 2 unspecified atom stereocenters. The van der Waals surface area contributed by atoms with Gasteiger partial charge in [-0.1, -0.05) is 17.2 Å². The topological polar surface area (TPSA) is 89.2 Å². The molecule has 0 spiro atoms. The molecule has 0 saturated heterocycles. The summed E-state index contributed by atoms with van der Waals surface area (Å²) in [5.41, 5.74) is 8.68. The Bertz CT molecular complexity index is 362. The van der Waals surface area contributed by atoms with Gasteiger partial charge in [0.05, 0.1) is 12.6 Å². The number of aliphatic hydroxyl groups is 2. The van der Waals surface area contributed by atoms with Crippen molar-refractivity contribution in [3.63, 3.8) is 0 Å². The van der Waals surface area contributed by atoms with Crippen LogP contribution in [0, 0.1) is 3.57 Å². The van der Waals surface area contributed by atoms with E-state index < -0.39 is 12.2 Å². The Hall–Kier alpha value is -0.820. The van der Waals surface area contributed by atoms with Crippen molar-refractivity contribution in [3.8, 4) is 0 Å². The molecule has 0 bridgehead atoms. The quantitative estimate of drug-likeness (QED) is 0.385. The third-order valence-corrected chi connectivity index (χ3v) is 2.63. The number of nitrogens with zero attached hydrogens (tertiary/aromatic N) is 3. The molecule has 2 N–H and O–H groups in total. The lowest BCUT2D eigenvalue weighted by molar-refractivity contribution is 0.0244. The molecular weight excluding hydrogens is 309 g/mol. The van der Waals surface area contributed by atoms with Crippen LogP contribution in [0.4, 0.5) is 0 Å². The summed E-state index contributed by atoms with van der Waals surface area (Å²) in [6.45, 7) is -0.135. The molecule has 1 aromatic carbocycles. The SMILES string of the molecule is [N-]=[N+]=NCC(O)C(O)c1ccc(I)cc1. The van der Waals surface area contributed by atoms with Gasteiger partial charge < -0.3 is 10.2 Å². The van der Waals surface area contributed by atoms with Crippen molar-refractivity contribution in [2.45, 2.75) is 12.2 Å². The number of hydrogen-bond acceptors (Lipinski definition) is 3. The van der Waals surface area contributed by atoms with Gasteiger partial charge in [0, 0.05) is 8.48 Å². The zero-order valence-electron chi connectivity index (χ0n) is 7.79. The van der Waals surface area contributed by atoms with Crippen molar-refractivity contribution >= 4 is 22.6 Å². The Morgan fingerprint density at radius 2 is 1.93 bits per heavy atom. The van der Waals surface area contributed by atoms with Crippen LogP contribution in [-0.2, 0) is 0 Å². The highest BCUT2D eigenvalue weighted by Crippen LogP contribution is 2.18. The largest absolute Gasteiger partial charge is 0.390 e. The van der Waals surface area contributed by atoms with Crippen molar-refractivity contribution in [3.05, 3.63) is 43.8 Å². The molecule has 15 heavy (non-hydrogen) atoms. The lowest BCUT2D eigenvalue weighted by Crippen LogP contribution is -2.21. The molecule has 0 aliphatic rings. The van der Waals surface area contributed by atoms with E-state index in [1.54, 1.807) is 12.1 Å². The molecule has 0 radical (unpaired) electrons. The predicted octanol–water partition coefficient (Wildman–Crippen LogP) is 2.00. The van der Waals surface area contributed by atoms with E-state index >= 15 is 0 Å². The summed E-state index contributed by atoms with van der Waals surface area (Å²) >= 11 is 2.15. The average molecular weight is 319 g/mol. The van der Waals surface area contributed by atoms with Crippen LogP contribution in [0.15, 0.2) is 29.4 Å². The van der Waals surface area contributed by atoms with Gasteiger partial charge in [-0.3, -0.25) is 0 Å². The van der Waals surface area contributed by atoms with Crippen LogP contribution < -0.4 is 0 Å². The minimum absolute atomic E-state index is 0.135. The van der Waals surface area contributed by atoms with E-state index in [0.29, 0.717) is 5.56 Å². The zero-order valence-corrected chi connectivity index (χ0v) is 9.94. The maximum absolute atomic E-state index is 9.67. The van der Waals surface area contributed by atoms with Crippen molar-refractivity contribution in [2.24, 2.45) is 5.11 Å². The van der Waals surface area contributed by atoms with Crippen LogP contribution in [-0.4, -0.2) is 22.9 Å². The molecule has 0 aliphatic heterocycles. The molecule has 5 nitrogen and oxygen atoms in total. The molecule has 80 valence electrons. The first-order chi connectivity index (χ1) is 7.15. The van der Waals surface area contributed by atoms with Gasteiger partial charge in [0.15, 0.2) is 0 Å². The zero-order chi connectivity index (χ0) is 11.3. The number of rotatable bonds is 4. The lowest BCUT2D eigenvalue weighted by atomic mass is 10.1. The molecule has 0 aromatic heterocycles. The second-order valence-electron chi connectivity index (χ2n) is 2.98. The fourth-order valence-corrected chi connectivity index (χ4v) is 1.46. The van der Waals surface area contributed by atoms with Crippen molar-refractivity contribution < 1.29 is 10.2 Å². The Kier molecular flexibility index (Phi) is 4.83. The molecule has 6 heteroatoms. The van der Waals surface area contributed by atoms with Gasteiger partial charge in [0.2, 0.25) is 0 Å². The van der Waals surface area contributed by atoms with Gasteiger partial charge in [-0.2, -0.15) is 0 Å². The molecule has 0 saturated carbocycles. The van der Waals surface area contributed by atoms with Gasteiger partial charge in [0.1, 0.15) is 6.10 Å². The molecule has 0 amide bonds. The van der Waals surface area contributed by atoms with Crippen LogP contribution in [0.3, 0.4) is 0 Å². The Balaban J connectivity index is 2.70. The van der Waals surface area contributed by atoms with Gasteiger partial charge in [-0.15, -0.1) is 0 Å². The van der Waals surface area contributed by atoms with E-state index in [-0.39, 0.29) is 6.54 Å². The number of hydrogen-bond donors (Lipinski definition) is 2. The first-order valence-corrected chi connectivity index (χ1v) is 5.35. The molecular formula is C9H10IN3O2. The first kappa shape index (κ1) is 12.3. The molecule has 0 heterocycles. The van der Waals surface area contributed by atoms with Crippen molar-refractivity contribution in [1.29, 1.82) is 0 Å². The number of azide groups is 1. The standard InChI is InChI=1S/C9H10IN3O2/c10-7-3-1-6(2-4-7)9(15)8(14)5-12-13-11/h1-4,8-9,14-15H,5H2. The predicted molar refractivity (Wildman–Crippen MR) is 64.1 cm³/mol.